The van der Waals surface area contributed by atoms with Crippen LogP contribution in [0.1, 0.15) is 5.82 Å². The van der Waals surface area contributed by atoms with E-state index in [4.69, 9.17) is 4.74 Å². The molecule has 2 heterocycles. The van der Waals surface area contributed by atoms with Crippen molar-refractivity contribution in [2.75, 3.05) is 26.8 Å². The van der Waals surface area contributed by atoms with Crippen molar-refractivity contribution in [3.63, 3.8) is 0 Å². The van der Waals surface area contributed by atoms with E-state index in [1.807, 2.05) is 0 Å². The second-order valence-corrected chi connectivity index (χ2v) is 4.35. The highest BCUT2D eigenvalue weighted by Crippen LogP contribution is 2.05. The minimum absolute atomic E-state index is 0.106. The van der Waals surface area contributed by atoms with Gasteiger partial charge in [-0.3, -0.25) is 9.36 Å². The van der Waals surface area contributed by atoms with E-state index in [0.717, 1.165) is 5.82 Å². The standard InChI is InChI=1S/C12H18N4O3/c1-3-11(17)14-5-4-10-13-16(8-9-19-2)12(18)15(10)7-6-14/h3H,1,4-9H2,2H3. The minimum Gasteiger partial charge on any atom is -0.383 e. The van der Waals surface area contributed by atoms with E-state index in [2.05, 4.69) is 11.7 Å². The minimum atomic E-state index is -0.139. The van der Waals surface area contributed by atoms with Crippen molar-refractivity contribution in [2.24, 2.45) is 0 Å². The van der Waals surface area contributed by atoms with Gasteiger partial charge in [0, 0.05) is 33.2 Å². The third kappa shape index (κ3) is 2.76. The molecule has 1 aliphatic rings. The SMILES string of the molecule is C=CC(=O)N1CCc2nn(CCOC)c(=O)n2CC1. The Morgan fingerprint density at radius 1 is 1.47 bits per heavy atom. The van der Waals surface area contributed by atoms with Crippen molar-refractivity contribution in [3.05, 3.63) is 29.0 Å². The number of methoxy groups -OCH3 is 1. The van der Waals surface area contributed by atoms with Crippen molar-refractivity contribution in [3.8, 4) is 0 Å². The first-order valence-corrected chi connectivity index (χ1v) is 6.24. The molecule has 7 heteroatoms. The molecule has 0 radical (unpaired) electrons. The number of carbonyl (C=O) groups excluding carboxylic acids is 1. The Kier molecular flexibility index (Phi) is 4.16. The van der Waals surface area contributed by atoms with Crippen LogP contribution in [0, 0.1) is 0 Å². The van der Waals surface area contributed by atoms with Crippen LogP contribution < -0.4 is 5.69 Å². The number of hydrogen-bond acceptors (Lipinski definition) is 4. The maximum atomic E-state index is 12.1. The van der Waals surface area contributed by atoms with Gasteiger partial charge in [-0.2, -0.15) is 5.10 Å². The molecular formula is C12H18N4O3. The van der Waals surface area contributed by atoms with E-state index in [9.17, 15) is 9.59 Å². The van der Waals surface area contributed by atoms with Gasteiger partial charge in [0.05, 0.1) is 13.2 Å². The lowest BCUT2D eigenvalue weighted by atomic mass is 10.3. The third-order valence-electron chi connectivity index (χ3n) is 3.19. The molecule has 0 fully saturated rings. The summed E-state index contributed by atoms with van der Waals surface area (Å²) in [6.07, 6.45) is 1.87. The number of nitrogens with zero attached hydrogens (tertiary/aromatic N) is 4. The van der Waals surface area contributed by atoms with Crippen molar-refractivity contribution >= 4 is 5.91 Å². The molecule has 104 valence electrons. The molecule has 1 aromatic heterocycles. The van der Waals surface area contributed by atoms with Gasteiger partial charge < -0.3 is 9.64 Å². The highest BCUT2D eigenvalue weighted by atomic mass is 16.5. The average molecular weight is 266 g/mol. The molecule has 0 N–H and O–H groups in total. The van der Waals surface area contributed by atoms with Crippen LogP contribution >= 0.6 is 0 Å². The molecular weight excluding hydrogens is 248 g/mol. The first kappa shape index (κ1) is 13.5. The van der Waals surface area contributed by atoms with Crippen LogP contribution in [-0.2, 0) is 29.0 Å². The van der Waals surface area contributed by atoms with E-state index < -0.39 is 0 Å². The number of ether oxygens (including phenoxy) is 1. The lowest BCUT2D eigenvalue weighted by Gasteiger charge is -2.17. The molecule has 1 aromatic rings. The van der Waals surface area contributed by atoms with Gasteiger partial charge in [0.1, 0.15) is 5.82 Å². The second-order valence-electron chi connectivity index (χ2n) is 4.35. The smallest absolute Gasteiger partial charge is 0.346 e. The Bertz CT molecular complexity index is 532. The van der Waals surface area contributed by atoms with Crippen molar-refractivity contribution in [1.82, 2.24) is 19.2 Å². The summed E-state index contributed by atoms with van der Waals surface area (Å²) in [6, 6.07) is 0. The number of aromatic nitrogens is 3. The number of rotatable bonds is 4. The van der Waals surface area contributed by atoms with Crippen LogP contribution in [0.4, 0.5) is 0 Å². The fraction of sp³-hybridized carbons (Fsp3) is 0.583. The zero-order valence-electron chi connectivity index (χ0n) is 11.0. The number of amides is 1. The van der Waals surface area contributed by atoms with Gasteiger partial charge in [-0.1, -0.05) is 6.58 Å². The molecule has 7 nitrogen and oxygen atoms in total. The van der Waals surface area contributed by atoms with Gasteiger partial charge in [0.15, 0.2) is 0 Å². The zero-order valence-corrected chi connectivity index (χ0v) is 11.0. The third-order valence-corrected chi connectivity index (χ3v) is 3.19. The highest BCUT2D eigenvalue weighted by Gasteiger charge is 2.20. The summed E-state index contributed by atoms with van der Waals surface area (Å²) in [5.41, 5.74) is -0.139. The van der Waals surface area contributed by atoms with Gasteiger partial charge in [0.2, 0.25) is 5.91 Å². The summed E-state index contributed by atoms with van der Waals surface area (Å²) in [7, 11) is 1.59. The van der Waals surface area contributed by atoms with E-state index in [0.29, 0.717) is 39.2 Å². The zero-order chi connectivity index (χ0) is 13.8. The van der Waals surface area contributed by atoms with Gasteiger partial charge >= 0.3 is 5.69 Å². The highest BCUT2D eigenvalue weighted by molar-refractivity contribution is 5.86. The van der Waals surface area contributed by atoms with E-state index >= 15 is 0 Å². The summed E-state index contributed by atoms with van der Waals surface area (Å²) < 4.78 is 8.00. The van der Waals surface area contributed by atoms with Crippen LogP contribution in [0.3, 0.4) is 0 Å². The number of carbonyl (C=O) groups is 1. The summed E-state index contributed by atoms with van der Waals surface area (Å²) in [5.74, 6) is 0.617. The Hall–Kier alpha value is -1.89. The molecule has 0 saturated carbocycles. The van der Waals surface area contributed by atoms with E-state index in [1.54, 1.807) is 16.6 Å². The van der Waals surface area contributed by atoms with Crippen LogP contribution in [0.25, 0.3) is 0 Å². The largest absolute Gasteiger partial charge is 0.383 e. The fourth-order valence-corrected chi connectivity index (χ4v) is 2.14. The van der Waals surface area contributed by atoms with Gasteiger partial charge in [-0.25, -0.2) is 9.48 Å². The molecule has 1 amide bonds. The van der Waals surface area contributed by atoms with Crippen LogP contribution in [0.5, 0.6) is 0 Å². The lowest BCUT2D eigenvalue weighted by molar-refractivity contribution is -0.126. The predicted octanol–water partition coefficient (Wildman–Crippen LogP) is -0.738. The van der Waals surface area contributed by atoms with Gasteiger partial charge in [-0.15, -0.1) is 0 Å². The molecule has 0 spiro atoms. The molecule has 0 aliphatic carbocycles. The predicted molar refractivity (Wildman–Crippen MR) is 68.8 cm³/mol. The molecule has 0 saturated heterocycles. The molecule has 0 atom stereocenters. The van der Waals surface area contributed by atoms with Gasteiger partial charge in [-0.05, 0) is 6.08 Å². The summed E-state index contributed by atoms with van der Waals surface area (Å²) in [4.78, 5) is 25.3. The Balaban J connectivity index is 2.15. The first-order chi connectivity index (χ1) is 9.17. The topological polar surface area (TPSA) is 69.4 Å². The first-order valence-electron chi connectivity index (χ1n) is 6.24. The van der Waals surface area contributed by atoms with Crippen LogP contribution in [0.15, 0.2) is 17.4 Å². The summed E-state index contributed by atoms with van der Waals surface area (Å²) >= 11 is 0. The van der Waals surface area contributed by atoms with E-state index in [-0.39, 0.29) is 11.6 Å². The second kappa shape index (κ2) is 5.83. The Labute approximate surface area is 111 Å². The fourth-order valence-electron chi connectivity index (χ4n) is 2.14. The molecule has 0 bridgehead atoms. The molecule has 2 rings (SSSR count). The Morgan fingerprint density at radius 3 is 2.95 bits per heavy atom. The molecule has 19 heavy (non-hydrogen) atoms. The number of hydrogen-bond donors (Lipinski definition) is 0. The summed E-state index contributed by atoms with van der Waals surface area (Å²) in [5, 5.41) is 4.29. The normalized spacial score (nSPS) is 14.9. The number of fused-ring (bicyclic) bond motifs is 1. The maximum Gasteiger partial charge on any atom is 0.346 e. The van der Waals surface area contributed by atoms with Crippen LogP contribution in [0.2, 0.25) is 0 Å². The van der Waals surface area contributed by atoms with Gasteiger partial charge in [0.25, 0.3) is 0 Å². The lowest BCUT2D eigenvalue weighted by Crippen LogP contribution is -2.34. The summed E-state index contributed by atoms with van der Waals surface area (Å²) in [6.45, 7) is 5.92. The van der Waals surface area contributed by atoms with Crippen molar-refractivity contribution in [1.29, 1.82) is 0 Å². The molecule has 0 unspecified atom stereocenters. The van der Waals surface area contributed by atoms with Crippen LogP contribution in [-0.4, -0.2) is 52.0 Å². The molecule has 1 aliphatic heterocycles. The quantitative estimate of drug-likeness (QED) is 0.673. The Morgan fingerprint density at radius 2 is 2.26 bits per heavy atom. The van der Waals surface area contributed by atoms with Crippen molar-refractivity contribution < 1.29 is 9.53 Å². The monoisotopic (exact) mass is 266 g/mol. The van der Waals surface area contributed by atoms with E-state index in [1.165, 1.54) is 10.8 Å². The average Bonchev–Trinajstić information content (AvgIpc) is 2.61. The van der Waals surface area contributed by atoms with Crippen molar-refractivity contribution in [2.45, 2.75) is 19.5 Å². The maximum absolute atomic E-state index is 12.1. The molecule has 0 aromatic carbocycles.